The fraction of sp³-hybridized carbons (Fsp3) is 0.300. The molecular formula is C30H31NO6. The average Bonchev–Trinajstić information content (AvgIpc) is 3.18. The van der Waals surface area contributed by atoms with Crippen LogP contribution in [0.1, 0.15) is 66.6 Å². The van der Waals surface area contributed by atoms with Gasteiger partial charge in [-0.1, -0.05) is 67.6 Å². The summed E-state index contributed by atoms with van der Waals surface area (Å²) in [5.74, 6) is -2.35. The van der Waals surface area contributed by atoms with Crippen molar-refractivity contribution < 1.29 is 29.0 Å². The maximum Gasteiger partial charge on any atom is 0.407 e. The molecule has 192 valence electrons. The molecule has 7 heteroatoms. The number of carbonyl (C=O) groups is 3. The quantitative estimate of drug-likeness (QED) is 0.401. The molecule has 1 amide bonds. The molecule has 0 heterocycles. The smallest absolute Gasteiger partial charge is 0.407 e. The summed E-state index contributed by atoms with van der Waals surface area (Å²) in [7, 11) is 0. The van der Waals surface area contributed by atoms with Crippen LogP contribution in [-0.2, 0) is 14.3 Å². The highest BCUT2D eigenvalue weighted by Crippen LogP contribution is 2.44. The highest BCUT2D eigenvalue weighted by Gasteiger charge is 2.31. The van der Waals surface area contributed by atoms with Crippen molar-refractivity contribution in [3.63, 3.8) is 0 Å². The average molecular weight is 502 g/mol. The summed E-state index contributed by atoms with van der Waals surface area (Å²) in [6.45, 7) is 7.14. The molecule has 2 atom stereocenters. The zero-order valence-electron chi connectivity index (χ0n) is 21.4. The van der Waals surface area contributed by atoms with Crippen molar-refractivity contribution in [1.82, 2.24) is 5.32 Å². The number of fused-ring (bicyclic) bond motifs is 3. The number of amides is 1. The van der Waals surface area contributed by atoms with Crippen LogP contribution in [0.15, 0.2) is 72.8 Å². The van der Waals surface area contributed by atoms with E-state index in [4.69, 9.17) is 9.47 Å². The molecular weight excluding hydrogens is 470 g/mol. The Labute approximate surface area is 216 Å². The second-order valence-electron chi connectivity index (χ2n) is 10.2. The van der Waals surface area contributed by atoms with Crippen LogP contribution in [0, 0.1) is 0 Å². The van der Waals surface area contributed by atoms with Gasteiger partial charge in [0.25, 0.3) is 0 Å². The van der Waals surface area contributed by atoms with Crippen LogP contribution in [0.4, 0.5) is 4.79 Å². The Bertz CT molecular complexity index is 1260. The first-order valence-corrected chi connectivity index (χ1v) is 12.2. The second kappa shape index (κ2) is 10.5. The van der Waals surface area contributed by atoms with Crippen molar-refractivity contribution in [2.45, 2.75) is 51.2 Å². The van der Waals surface area contributed by atoms with Crippen molar-refractivity contribution in [3.05, 3.63) is 95.1 Å². The number of nitrogens with one attached hydrogen (secondary N) is 1. The van der Waals surface area contributed by atoms with E-state index in [1.165, 1.54) is 0 Å². The van der Waals surface area contributed by atoms with Gasteiger partial charge in [0, 0.05) is 11.8 Å². The number of carboxylic acid groups (broad SMARTS) is 1. The molecule has 2 N–H and O–H groups in total. The van der Waals surface area contributed by atoms with E-state index < -0.39 is 35.6 Å². The SMILES string of the molecule is C[C@@H](c1ccc(C(=O)OC(C)(C)C)cc1)[C@H](NC(=O)OCC1c2ccccc2-c2ccccc21)C(=O)O. The number of esters is 1. The first kappa shape index (κ1) is 25.9. The van der Waals surface area contributed by atoms with Gasteiger partial charge in [-0.15, -0.1) is 0 Å². The van der Waals surface area contributed by atoms with Crippen LogP contribution in [-0.4, -0.2) is 41.4 Å². The minimum absolute atomic E-state index is 0.0885. The van der Waals surface area contributed by atoms with Gasteiger partial charge in [-0.3, -0.25) is 0 Å². The number of carbonyl (C=O) groups excluding carboxylic acids is 2. The van der Waals surface area contributed by atoms with Gasteiger partial charge in [-0.05, 0) is 60.7 Å². The van der Waals surface area contributed by atoms with Crippen LogP contribution < -0.4 is 5.32 Å². The Kier molecular flexibility index (Phi) is 7.34. The third-order valence-corrected chi connectivity index (χ3v) is 6.45. The third-order valence-electron chi connectivity index (χ3n) is 6.45. The largest absolute Gasteiger partial charge is 0.480 e. The topological polar surface area (TPSA) is 102 Å². The molecule has 0 aromatic heterocycles. The molecule has 0 saturated carbocycles. The van der Waals surface area contributed by atoms with Gasteiger partial charge >= 0.3 is 18.0 Å². The zero-order valence-corrected chi connectivity index (χ0v) is 21.4. The molecule has 1 aliphatic carbocycles. The monoisotopic (exact) mass is 501 g/mol. The first-order chi connectivity index (χ1) is 17.5. The summed E-state index contributed by atoms with van der Waals surface area (Å²) < 4.78 is 10.9. The first-order valence-electron chi connectivity index (χ1n) is 12.2. The van der Waals surface area contributed by atoms with Crippen molar-refractivity contribution in [1.29, 1.82) is 0 Å². The summed E-state index contributed by atoms with van der Waals surface area (Å²) in [4.78, 5) is 37.0. The molecule has 0 bridgehead atoms. The van der Waals surface area contributed by atoms with E-state index in [-0.39, 0.29) is 12.5 Å². The molecule has 0 saturated heterocycles. The zero-order chi connectivity index (χ0) is 26.7. The molecule has 7 nitrogen and oxygen atoms in total. The van der Waals surface area contributed by atoms with Gasteiger partial charge in [0.2, 0.25) is 0 Å². The molecule has 1 aliphatic rings. The third kappa shape index (κ3) is 5.82. The van der Waals surface area contributed by atoms with E-state index in [1.807, 2.05) is 48.5 Å². The predicted molar refractivity (Wildman–Crippen MR) is 140 cm³/mol. The van der Waals surface area contributed by atoms with Crippen LogP contribution in [0.25, 0.3) is 11.1 Å². The second-order valence-corrected chi connectivity index (χ2v) is 10.2. The molecule has 0 unspecified atom stereocenters. The number of ether oxygens (including phenoxy) is 2. The van der Waals surface area contributed by atoms with E-state index in [2.05, 4.69) is 5.32 Å². The van der Waals surface area contributed by atoms with E-state index in [1.54, 1.807) is 52.0 Å². The maximum absolute atomic E-state index is 12.7. The van der Waals surface area contributed by atoms with E-state index >= 15 is 0 Å². The lowest BCUT2D eigenvalue weighted by atomic mass is 9.92. The van der Waals surface area contributed by atoms with Gasteiger partial charge in [-0.2, -0.15) is 0 Å². The standard InChI is InChI=1S/C30H31NO6/c1-18(19-13-15-20(16-14-19)28(34)37-30(2,3)4)26(27(32)33)31-29(35)36-17-25-23-11-7-5-9-21(23)22-10-6-8-12-24(22)25/h5-16,18,25-26H,17H2,1-4H3,(H,31,35)(H,32,33)/t18-,26-/m0/s1. The molecule has 0 spiro atoms. The molecule has 0 radical (unpaired) electrons. The lowest BCUT2D eigenvalue weighted by molar-refractivity contribution is -0.139. The van der Waals surface area contributed by atoms with Crippen LogP contribution in [0.5, 0.6) is 0 Å². The number of hydrogen-bond acceptors (Lipinski definition) is 5. The van der Waals surface area contributed by atoms with E-state index in [0.29, 0.717) is 11.1 Å². The fourth-order valence-electron chi connectivity index (χ4n) is 4.62. The van der Waals surface area contributed by atoms with Crippen LogP contribution in [0.2, 0.25) is 0 Å². The predicted octanol–water partition coefficient (Wildman–Crippen LogP) is 5.74. The number of hydrogen-bond donors (Lipinski definition) is 2. The summed E-state index contributed by atoms with van der Waals surface area (Å²) in [6.07, 6.45) is -0.800. The molecule has 3 aromatic rings. The minimum Gasteiger partial charge on any atom is -0.480 e. The van der Waals surface area contributed by atoms with Crippen molar-refractivity contribution in [2.24, 2.45) is 0 Å². The van der Waals surface area contributed by atoms with E-state index in [0.717, 1.165) is 22.3 Å². The number of alkyl carbamates (subject to hydrolysis) is 1. The Hall–Kier alpha value is -4.13. The van der Waals surface area contributed by atoms with Gasteiger partial charge in [0.1, 0.15) is 18.2 Å². The fourth-order valence-corrected chi connectivity index (χ4v) is 4.62. The van der Waals surface area contributed by atoms with Gasteiger partial charge < -0.3 is 19.9 Å². The van der Waals surface area contributed by atoms with Crippen LogP contribution in [0.3, 0.4) is 0 Å². The molecule has 4 rings (SSSR count). The minimum atomic E-state index is -1.22. The van der Waals surface area contributed by atoms with Crippen LogP contribution >= 0.6 is 0 Å². The Morgan fingerprint density at radius 3 is 1.95 bits per heavy atom. The number of benzene rings is 3. The highest BCUT2D eigenvalue weighted by molar-refractivity contribution is 5.89. The maximum atomic E-state index is 12.7. The van der Waals surface area contributed by atoms with Crippen molar-refractivity contribution >= 4 is 18.0 Å². The molecule has 0 aliphatic heterocycles. The summed E-state index contributed by atoms with van der Waals surface area (Å²) in [5.41, 5.74) is 4.76. The Balaban J connectivity index is 1.42. The summed E-state index contributed by atoms with van der Waals surface area (Å²) >= 11 is 0. The summed E-state index contributed by atoms with van der Waals surface area (Å²) in [5, 5.41) is 12.3. The van der Waals surface area contributed by atoms with Gasteiger partial charge in [0.05, 0.1) is 5.56 Å². The van der Waals surface area contributed by atoms with Gasteiger partial charge in [0.15, 0.2) is 0 Å². The Morgan fingerprint density at radius 2 is 1.43 bits per heavy atom. The van der Waals surface area contributed by atoms with E-state index in [9.17, 15) is 19.5 Å². The Morgan fingerprint density at radius 1 is 0.892 bits per heavy atom. The number of carboxylic acids is 1. The molecule has 3 aromatic carbocycles. The number of aliphatic carboxylic acids is 1. The lowest BCUT2D eigenvalue weighted by Crippen LogP contribution is -2.44. The lowest BCUT2D eigenvalue weighted by Gasteiger charge is -2.23. The molecule has 0 fully saturated rings. The highest BCUT2D eigenvalue weighted by atomic mass is 16.6. The normalized spacial score (nSPS) is 14.2. The number of rotatable bonds is 7. The summed E-state index contributed by atoms with van der Waals surface area (Å²) in [6, 6.07) is 21.3. The van der Waals surface area contributed by atoms with Gasteiger partial charge in [-0.25, -0.2) is 14.4 Å². The van der Waals surface area contributed by atoms with Crippen molar-refractivity contribution in [3.8, 4) is 11.1 Å². The van der Waals surface area contributed by atoms with Crippen molar-refractivity contribution in [2.75, 3.05) is 6.61 Å². The molecule has 37 heavy (non-hydrogen) atoms.